The first-order valence-corrected chi connectivity index (χ1v) is 18.0. The van der Waals surface area contributed by atoms with Crippen LogP contribution in [0.15, 0.2) is 0 Å². The number of ether oxygens (including phenoxy) is 9. The van der Waals surface area contributed by atoms with E-state index in [1.807, 2.05) is 0 Å². The SMILES string of the molecule is CC(=O)N[C@H]1[C@H](O[C@@H]2[C@@H](O)[C@H](C)O[C@@H](O)[C@@H]2O[C@@H]2O[C@@H](C)[C@H](O)[C@@H](O)[C@H]2O[C@@H]2O[C@@H](C)[C@H](O)[C@@H](O[C@@H]3O[C@@H](C)[C@H](O)[C@@H](O)[C@@H]3O)[C@H]2O)O[C@H](CO)[C@@H](O)[C@@H]1O. The van der Waals surface area contributed by atoms with E-state index in [-0.39, 0.29) is 0 Å². The predicted molar refractivity (Wildman–Crippen MR) is 172 cm³/mol. The lowest BCUT2D eigenvalue weighted by Gasteiger charge is -2.50. The van der Waals surface area contributed by atoms with E-state index in [0.717, 1.165) is 6.92 Å². The van der Waals surface area contributed by atoms with Gasteiger partial charge in [-0.2, -0.15) is 0 Å². The summed E-state index contributed by atoms with van der Waals surface area (Å²) < 4.78 is 51.7. The Kier molecular flexibility index (Phi) is 14.9. The lowest BCUT2D eigenvalue weighted by atomic mass is 9.95. The fraction of sp³-hybridized carbons (Fsp3) is 0.969. The van der Waals surface area contributed by atoms with Gasteiger partial charge in [0.15, 0.2) is 31.5 Å². The molecule has 5 heterocycles. The van der Waals surface area contributed by atoms with E-state index in [0.29, 0.717) is 0 Å². The average Bonchev–Trinajstić information content (AvgIpc) is 3.13. The van der Waals surface area contributed by atoms with Crippen LogP contribution >= 0.6 is 0 Å². The number of rotatable bonds is 10. The Morgan fingerprint density at radius 1 is 0.473 bits per heavy atom. The zero-order valence-corrected chi connectivity index (χ0v) is 30.6. The summed E-state index contributed by atoms with van der Waals surface area (Å²) in [7, 11) is 0. The van der Waals surface area contributed by atoms with Gasteiger partial charge in [-0.05, 0) is 27.7 Å². The third-order valence-corrected chi connectivity index (χ3v) is 10.6. The molecule has 5 rings (SSSR count). The topological polar surface area (TPSA) is 355 Å². The van der Waals surface area contributed by atoms with Gasteiger partial charge in [0.2, 0.25) is 5.91 Å². The van der Waals surface area contributed by atoms with E-state index >= 15 is 0 Å². The van der Waals surface area contributed by atoms with E-state index in [9.17, 15) is 66.1 Å². The van der Waals surface area contributed by atoms with Crippen LogP contribution in [0.25, 0.3) is 0 Å². The van der Waals surface area contributed by atoms with Gasteiger partial charge in [0.25, 0.3) is 0 Å². The molecule has 0 aromatic carbocycles. The monoisotopic (exact) mass is 805 g/mol. The summed E-state index contributed by atoms with van der Waals surface area (Å²) in [6, 6.07) is -1.47. The summed E-state index contributed by atoms with van der Waals surface area (Å²) in [5.41, 5.74) is 0. The Morgan fingerprint density at radius 3 is 1.55 bits per heavy atom. The van der Waals surface area contributed by atoms with Crippen molar-refractivity contribution in [1.82, 2.24) is 5.32 Å². The smallest absolute Gasteiger partial charge is 0.217 e. The zero-order valence-electron chi connectivity index (χ0n) is 30.6. The highest BCUT2D eigenvalue weighted by atomic mass is 16.8. The number of hydrogen-bond donors (Lipinski definition) is 13. The Hall–Kier alpha value is -1.37. The number of hydrogen-bond acceptors (Lipinski definition) is 22. The second-order valence-electron chi connectivity index (χ2n) is 14.6. The molecule has 23 heteroatoms. The lowest BCUT2D eigenvalue weighted by molar-refractivity contribution is -0.401. The average molecular weight is 806 g/mol. The molecule has 0 unspecified atom stereocenters. The van der Waals surface area contributed by atoms with E-state index in [2.05, 4.69) is 5.32 Å². The Morgan fingerprint density at radius 2 is 0.945 bits per heavy atom. The Bertz CT molecular complexity index is 1260. The molecule has 320 valence electrons. The van der Waals surface area contributed by atoms with E-state index in [1.54, 1.807) is 0 Å². The summed E-state index contributed by atoms with van der Waals surface area (Å²) in [5, 5.41) is 131. The molecular weight excluding hydrogens is 750 g/mol. The summed E-state index contributed by atoms with van der Waals surface area (Å²) in [5.74, 6) is -0.670. The van der Waals surface area contributed by atoms with Crippen molar-refractivity contribution in [2.75, 3.05) is 6.61 Å². The third kappa shape index (κ3) is 9.27. The zero-order chi connectivity index (χ0) is 40.8. The molecule has 23 nitrogen and oxygen atoms in total. The van der Waals surface area contributed by atoms with Crippen molar-refractivity contribution in [3.8, 4) is 0 Å². The normalized spacial score (nSPS) is 53.8. The van der Waals surface area contributed by atoms with Gasteiger partial charge in [0, 0.05) is 6.92 Å². The Labute approximate surface area is 314 Å². The first kappa shape index (κ1) is 44.7. The second-order valence-corrected chi connectivity index (χ2v) is 14.6. The minimum absolute atomic E-state index is 0.670. The molecule has 5 aliphatic rings. The van der Waals surface area contributed by atoms with Crippen molar-refractivity contribution in [2.45, 2.75) is 188 Å². The Balaban J connectivity index is 1.39. The highest BCUT2D eigenvalue weighted by molar-refractivity contribution is 5.73. The van der Waals surface area contributed by atoms with Crippen LogP contribution in [-0.4, -0.2) is 227 Å². The molecule has 0 saturated carbocycles. The maximum absolute atomic E-state index is 12.0. The molecule has 5 fully saturated rings. The number of nitrogens with one attached hydrogen (secondary N) is 1. The summed E-state index contributed by atoms with van der Waals surface area (Å²) in [6.45, 7) is 5.84. The first-order chi connectivity index (χ1) is 25.8. The molecule has 25 atom stereocenters. The van der Waals surface area contributed by atoms with E-state index in [1.165, 1.54) is 27.7 Å². The van der Waals surface area contributed by atoms with Gasteiger partial charge in [-0.3, -0.25) is 4.79 Å². The van der Waals surface area contributed by atoms with Crippen LogP contribution < -0.4 is 5.32 Å². The molecule has 0 bridgehead atoms. The molecule has 0 aliphatic carbocycles. The summed E-state index contributed by atoms with van der Waals surface area (Å²) in [4.78, 5) is 12.0. The highest BCUT2D eigenvalue weighted by Crippen LogP contribution is 2.36. The molecule has 0 radical (unpaired) electrons. The maximum Gasteiger partial charge on any atom is 0.217 e. The van der Waals surface area contributed by atoms with Gasteiger partial charge in [0.05, 0.1) is 31.0 Å². The van der Waals surface area contributed by atoms with Crippen LogP contribution in [0.1, 0.15) is 34.6 Å². The number of aliphatic hydroxyl groups is 12. The van der Waals surface area contributed by atoms with Crippen LogP contribution in [0.2, 0.25) is 0 Å². The van der Waals surface area contributed by atoms with E-state index < -0.39 is 166 Å². The molecule has 0 aromatic rings. The number of carbonyl (C=O) groups excluding carboxylic acids is 1. The lowest BCUT2D eigenvalue weighted by Crippen LogP contribution is -2.68. The quantitative estimate of drug-likeness (QED) is 0.0975. The van der Waals surface area contributed by atoms with Crippen LogP contribution in [-0.2, 0) is 47.4 Å². The molecule has 55 heavy (non-hydrogen) atoms. The van der Waals surface area contributed by atoms with Crippen molar-refractivity contribution in [1.29, 1.82) is 0 Å². The van der Waals surface area contributed by atoms with Gasteiger partial charge < -0.3 is 109 Å². The summed E-state index contributed by atoms with van der Waals surface area (Å²) in [6.07, 6.45) is -38.6. The van der Waals surface area contributed by atoms with Crippen LogP contribution in [0, 0.1) is 0 Å². The molecule has 5 aliphatic heterocycles. The van der Waals surface area contributed by atoms with Crippen LogP contribution in [0.3, 0.4) is 0 Å². The van der Waals surface area contributed by atoms with Crippen molar-refractivity contribution in [3.63, 3.8) is 0 Å². The number of amides is 1. The van der Waals surface area contributed by atoms with Gasteiger partial charge in [-0.25, -0.2) is 0 Å². The molecule has 13 N–H and O–H groups in total. The third-order valence-electron chi connectivity index (χ3n) is 10.6. The molecule has 0 spiro atoms. The van der Waals surface area contributed by atoms with Crippen molar-refractivity contribution < 1.29 is 109 Å². The molecular formula is C32H55NO22. The minimum atomic E-state index is -1.93. The number of carbonyl (C=O) groups is 1. The van der Waals surface area contributed by atoms with Crippen LogP contribution in [0.5, 0.6) is 0 Å². The van der Waals surface area contributed by atoms with Crippen LogP contribution in [0.4, 0.5) is 0 Å². The standard InChI is InChI=1S/C32H55NO22/c1-7-14(36)20(42)22(44)30(48-7)52-24-16(38)10(4)49-31(23(24)45)54-26-21(43)15(37)8(2)50-32(26)55-27-25(17(39)9(3)47-28(27)46)53-29-13(33-11(5)35)19(41)18(40)12(6-34)51-29/h7-10,12-32,34,36-46H,6H2,1-5H3,(H,33,35)/t7-,8-,9-,10-,12+,13+,14-,15-,16-,17-,18+,19+,20+,21+,22-,23+,24+,25+,26+,27+,28+,29-,30-,31-,32-/m0/s1. The summed E-state index contributed by atoms with van der Waals surface area (Å²) >= 11 is 0. The van der Waals surface area contributed by atoms with Crippen molar-refractivity contribution >= 4 is 5.91 Å². The molecule has 0 aromatic heterocycles. The van der Waals surface area contributed by atoms with Gasteiger partial charge in [-0.1, -0.05) is 0 Å². The van der Waals surface area contributed by atoms with Gasteiger partial charge >= 0.3 is 0 Å². The fourth-order valence-corrected chi connectivity index (χ4v) is 7.16. The number of aliphatic hydroxyl groups excluding tert-OH is 12. The predicted octanol–water partition coefficient (Wildman–Crippen LogP) is -7.67. The first-order valence-electron chi connectivity index (χ1n) is 18.0. The van der Waals surface area contributed by atoms with Crippen molar-refractivity contribution in [3.05, 3.63) is 0 Å². The van der Waals surface area contributed by atoms with Gasteiger partial charge in [0.1, 0.15) is 97.6 Å². The largest absolute Gasteiger partial charge is 0.394 e. The second kappa shape index (κ2) is 18.3. The maximum atomic E-state index is 12.0. The minimum Gasteiger partial charge on any atom is -0.394 e. The van der Waals surface area contributed by atoms with Crippen molar-refractivity contribution in [2.24, 2.45) is 0 Å². The van der Waals surface area contributed by atoms with Gasteiger partial charge in [-0.15, -0.1) is 0 Å². The molecule has 5 saturated heterocycles. The molecule has 1 amide bonds. The fourth-order valence-electron chi connectivity index (χ4n) is 7.16. The highest BCUT2D eigenvalue weighted by Gasteiger charge is 2.56. The van der Waals surface area contributed by atoms with E-state index in [4.69, 9.17) is 42.6 Å².